The molecule has 4 heteroatoms. The fourth-order valence-corrected chi connectivity index (χ4v) is 1.80. The van der Waals surface area contributed by atoms with Crippen molar-refractivity contribution < 1.29 is 9.53 Å². The van der Waals surface area contributed by atoms with Gasteiger partial charge in [-0.15, -0.1) is 0 Å². The molecule has 0 spiro atoms. The number of hydrogen-bond acceptors (Lipinski definition) is 3. The van der Waals surface area contributed by atoms with Gasteiger partial charge in [0, 0.05) is 26.1 Å². The van der Waals surface area contributed by atoms with Gasteiger partial charge in [0.15, 0.2) is 0 Å². The quantitative estimate of drug-likeness (QED) is 0.838. The van der Waals surface area contributed by atoms with Crippen molar-refractivity contribution in [3.05, 3.63) is 35.4 Å². The molecule has 0 saturated heterocycles. The number of carbonyl (C=O) groups excluding carboxylic acids is 1. The molecule has 0 aliphatic rings. The Balaban J connectivity index is 2.53. The van der Waals surface area contributed by atoms with Gasteiger partial charge >= 0.3 is 0 Å². The molecule has 1 atom stereocenters. The minimum atomic E-state index is -0.142. The van der Waals surface area contributed by atoms with E-state index in [4.69, 9.17) is 10.5 Å². The topological polar surface area (TPSA) is 64.3 Å². The average molecular weight is 278 g/mol. The highest BCUT2D eigenvalue weighted by atomic mass is 16.5. The van der Waals surface area contributed by atoms with Crippen LogP contribution in [0.3, 0.4) is 0 Å². The maximum Gasteiger partial charge on any atom is 0.221 e. The number of nitrogens with one attached hydrogen (secondary N) is 1. The van der Waals surface area contributed by atoms with Crippen molar-refractivity contribution in [2.45, 2.75) is 46.4 Å². The second-order valence-corrected chi connectivity index (χ2v) is 6.16. The van der Waals surface area contributed by atoms with E-state index in [-0.39, 0.29) is 17.4 Å². The molecule has 1 aromatic rings. The van der Waals surface area contributed by atoms with Crippen LogP contribution in [0.15, 0.2) is 24.3 Å². The molecule has 0 aliphatic carbocycles. The van der Waals surface area contributed by atoms with Crippen LogP contribution < -0.4 is 11.1 Å². The predicted molar refractivity (Wildman–Crippen MR) is 81.0 cm³/mol. The first-order valence-electron chi connectivity index (χ1n) is 6.92. The maximum absolute atomic E-state index is 11.9. The van der Waals surface area contributed by atoms with Gasteiger partial charge in [-0.1, -0.05) is 45.0 Å². The molecule has 0 fully saturated rings. The van der Waals surface area contributed by atoms with E-state index in [2.05, 4.69) is 5.32 Å². The molecule has 0 radical (unpaired) electrons. The molecule has 0 heterocycles. The highest BCUT2D eigenvalue weighted by molar-refractivity contribution is 5.76. The van der Waals surface area contributed by atoms with Gasteiger partial charge in [0.1, 0.15) is 0 Å². The fraction of sp³-hybridized carbons (Fsp3) is 0.562. The van der Waals surface area contributed by atoms with E-state index >= 15 is 0 Å². The molecule has 4 nitrogen and oxygen atoms in total. The number of hydrogen-bond donors (Lipinski definition) is 2. The van der Waals surface area contributed by atoms with E-state index in [0.717, 1.165) is 11.1 Å². The highest BCUT2D eigenvalue weighted by Gasteiger charge is 2.22. The summed E-state index contributed by atoms with van der Waals surface area (Å²) in [7, 11) is 1.66. The third-order valence-electron chi connectivity index (χ3n) is 3.41. The lowest BCUT2D eigenvalue weighted by Gasteiger charge is -2.26. The average Bonchev–Trinajstić information content (AvgIpc) is 2.37. The molecular formula is C16H26N2O2. The second-order valence-electron chi connectivity index (χ2n) is 6.16. The normalized spacial score (nSPS) is 13.1. The molecule has 0 aromatic heterocycles. The number of carbonyl (C=O) groups is 1. The Bertz CT molecular complexity index is 438. The van der Waals surface area contributed by atoms with E-state index in [0.29, 0.717) is 19.6 Å². The van der Waals surface area contributed by atoms with Gasteiger partial charge < -0.3 is 15.8 Å². The van der Waals surface area contributed by atoms with Crippen molar-refractivity contribution in [3.63, 3.8) is 0 Å². The van der Waals surface area contributed by atoms with Gasteiger partial charge in [-0.2, -0.15) is 0 Å². The molecule has 0 bridgehead atoms. The van der Waals surface area contributed by atoms with Crippen LogP contribution in [-0.2, 0) is 22.7 Å². The van der Waals surface area contributed by atoms with Crippen LogP contribution in [0.2, 0.25) is 0 Å². The molecule has 0 aliphatic heterocycles. The van der Waals surface area contributed by atoms with Gasteiger partial charge in [0.25, 0.3) is 0 Å². The number of ether oxygens (including phenoxy) is 1. The Morgan fingerprint density at radius 3 is 2.45 bits per heavy atom. The van der Waals surface area contributed by atoms with Gasteiger partial charge in [-0.05, 0) is 16.5 Å². The molecule has 20 heavy (non-hydrogen) atoms. The summed E-state index contributed by atoms with van der Waals surface area (Å²) >= 11 is 0. The first kappa shape index (κ1) is 16.7. The number of nitrogens with two attached hydrogens (primary N) is 1. The third kappa shape index (κ3) is 5.31. The zero-order valence-corrected chi connectivity index (χ0v) is 12.9. The van der Waals surface area contributed by atoms with Crippen LogP contribution in [0.1, 0.15) is 38.3 Å². The molecule has 0 saturated carbocycles. The summed E-state index contributed by atoms with van der Waals surface area (Å²) in [5.41, 5.74) is 8.12. The number of amides is 1. The first-order chi connectivity index (χ1) is 9.34. The SMILES string of the molecule is COCc1ccccc1CNC(=O)CC(N)C(C)(C)C. The highest BCUT2D eigenvalue weighted by Crippen LogP contribution is 2.19. The van der Waals surface area contributed by atoms with E-state index in [9.17, 15) is 4.79 Å². The van der Waals surface area contributed by atoms with Gasteiger partial charge in [-0.25, -0.2) is 0 Å². The van der Waals surface area contributed by atoms with Crippen LogP contribution in [0.4, 0.5) is 0 Å². The standard InChI is InChI=1S/C16H26N2O2/c1-16(2,3)14(17)9-15(19)18-10-12-7-5-6-8-13(12)11-20-4/h5-8,14H,9-11,17H2,1-4H3,(H,18,19). The zero-order chi connectivity index (χ0) is 15.2. The van der Waals surface area contributed by atoms with E-state index in [1.54, 1.807) is 7.11 Å². The summed E-state index contributed by atoms with van der Waals surface area (Å²) < 4.78 is 5.15. The van der Waals surface area contributed by atoms with Crippen LogP contribution in [0.25, 0.3) is 0 Å². The van der Waals surface area contributed by atoms with Crippen LogP contribution >= 0.6 is 0 Å². The fourth-order valence-electron chi connectivity index (χ4n) is 1.80. The van der Waals surface area contributed by atoms with Gasteiger partial charge in [0.05, 0.1) is 6.61 Å². The third-order valence-corrected chi connectivity index (χ3v) is 3.41. The number of methoxy groups -OCH3 is 1. The molecule has 1 aromatic carbocycles. The van der Waals surface area contributed by atoms with Crippen molar-refractivity contribution >= 4 is 5.91 Å². The predicted octanol–water partition coefficient (Wildman–Crippen LogP) is 2.21. The van der Waals surface area contributed by atoms with E-state index < -0.39 is 0 Å². The minimum Gasteiger partial charge on any atom is -0.380 e. The molecule has 1 amide bonds. The van der Waals surface area contributed by atoms with Crippen LogP contribution in [0.5, 0.6) is 0 Å². The molecule has 1 unspecified atom stereocenters. The van der Waals surface area contributed by atoms with Crippen molar-refractivity contribution in [2.24, 2.45) is 11.1 Å². The Kier molecular flexibility index (Phi) is 6.17. The Labute approximate surface area is 121 Å². The molecule has 3 N–H and O–H groups in total. The van der Waals surface area contributed by atoms with E-state index in [1.807, 2.05) is 45.0 Å². The van der Waals surface area contributed by atoms with Crippen molar-refractivity contribution in [3.8, 4) is 0 Å². The maximum atomic E-state index is 11.9. The number of rotatable bonds is 6. The van der Waals surface area contributed by atoms with Crippen LogP contribution in [0, 0.1) is 5.41 Å². The summed E-state index contributed by atoms with van der Waals surface area (Å²) in [5, 5.41) is 2.93. The lowest BCUT2D eigenvalue weighted by atomic mass is 9.85. The number of benzene rings is 1. The summed E-state index contributed by atoms with van der Waals surface area (Å²) in [5.74, 6) is -0.0142. The van der Waals surface area contributed by atoms with Crippen LogP contribution in [-0.4, -0.2) is 19.1 Å². The summed E-state index contributed by atoms with van der Waals surface area (Å²) in [6, 6.07) is 7.79. The lowest BCUT2D eigenvalue weighted by Crippen LogP contribution is -2.40. The lowest BCUT2D eigenvalue weighted by molar-refractivity contribution is -0.122. The first-order valence-corrected chi connectivity index (χ1v) is 6.92. The minimum absolute atomic E-state index is 0.0142. The summed E-state index contributed by atoms with van der Waals surface area (Å²) in [4.78, 5) is 11.9. The van der Waals surface area contributed by atoms with Gasteiger partial charge in [-0.3, -0.25) is 4.79 Å². The summed E-state index contributed by atoms with van der Waals surface area (Å²) in [6.45, 7) is 7.18. The van der Waals surface area contributed by atoms with Crippen molar-refractivity contribution in [2.75, 3.05) is 7.11 Å². The second kappa shape index (κ2) is 7.41. The largest absolute Gasteiger partial charge is 0.380 e. The smallest absolute Gasteiger partial charge is 0.221 e. The molecule has 1 rings (SSSR count). The monoisotopic (exact) mass is 278 g/mol. The Hall–Kier alpha value is -1.39. The Morgan fingerprint density at radius 2 is 1.90 bits per heavy atom. The zero-order valence-electron chi connectivity index (χ0n) is 12.9. The van der Waals surface area contributed by atoms with Gasteiger partial charge in [0.2, 0.25) is 5.91 Å². The summed E-state index contributed by atoms with van der Waals surface area (Å²) in [6.07, 6.45) is 0.343. The van der Waals surface area contributed by atoms with E-state index in [1.165, 1.54) is 0 Å². The van der Waals surface area contributed by atoms with Crippen molar-refractivity contribution in [1.29, 1.82) is 0 Å². The van der Waals surface area contributed by atoms with Crippen molar-refractivity contribution in [1.82, 2.24) is 5.32 Å². The molecule has 112 valence electrons. The molecular weight excluding hydrogens is 252 g/mol. The Morgan fingerprint density at radius 1 is 1.30 bits per heavy atom.